The van der Waals surface area contributed by atoms with Crippen LogP contribution in [0.2, 0.25) is 0 Å². The Morgan fingerprint density at radius 1 is 1.17 bits per heavy atom. The van der Waals surface area contributed by atoms with Gasteiger partial charge in [-0.15, -0.1) is 0 Å². The van der Waals surface area contributed by atoms with E-state index in [1.807, 2.05) is 0 Å². The molecule has 0 bridgehead atoms. The maximum absolute atomic E-state index is 13.1. The van der Waals surface area contributed by atoms with Gasteiger partial charge in [0.1, 0.15) is 11.5 Å². The van der Waals surface area contributed by atoms with Gasteiger partial charge in [-0.1, -0.05) is 24.3 Å². The van der Waals surface area contributed by atoms with Crippen LogP contribution in [0, 0.1) is 0 Å². The van der Waals surface area contributed by atoms with Crippen molar-refractivity contribution >= 4 is 28.9 Å². The monoisotopic (exact) mass is 419 g/mol. The molecule has 1 atom stereocenters. The number of benzene rings is 2. The molecule has 29 heavy (non-hydrogen) atoms. The maximum atomic E-state index is 13.1. The van der Waals surface area contributed by atoms with Crippen LogP contribution in [0.5, 0.6) is 11.5 Å². The summed E-state index contributed by atoms with van der Waals surface area (Å²) in [7, 11) is 1.52. The molecule has 0 aromatic heterocycles. The molecule has 0 aliphatic carbocycles. The van der Waals surface area contributed by atoms with E-state index in [0.717, 1.165) is 0 Å². The topological polar surface area (TPSA) is 71.6 Å². The van der Waals surface area contributed by atoms with Crippen molar-refractivity contribution < 1.29 is 23.0 Å². The number of amides is 1. The van der Waals surface area contributed by atoms with Gasteiger partial charge in [-0.2, -0.15) is 8.78 Å². The number of nitrogens with one attached hydrogen (secondary N) is 3. The summed E-state index contributed by atoms with van der Waals surface area (Å²) in [5, 5.41) is 9.20. The van der Waals surface area contributed by atoms with Crippen molar-refractivity contribution in [2.24, 2.45) is 0 Å². The van der Waals surface area contributed by atoms with Crippen LogP contribution >= 0.6 is 12.2 Å². The normalized spacial score (nSPS) is 16.2. The van der Waals surface area contributed by atoms with Crippen LogP contribution < -0.4 is 25.4 Å². The number of methoxy groups -OCH3 is 1. The van der Waals surface area contributed by atoms with E-state index in [9.17, 15) is 13.6 Å². The lowest BCUT2D eigenvalue weighted by Crippen LogP contribution is -2.45. The SMILES string of the molecule is COc1ccccc1NC(=O)C1=C(C)NC(=S)NC1c1ccc(OC(F)F)cc1. The van der Waals surface area contributed by atoms with Gasteiger partial charge in [0.15, 0.2) is 5.11 Å². The first-order chi connectivity index (χ1) is 13.9. The van der Waals surface area contributed by atoms with Crippen molar-refractivity contribution in [1.82, 2.24) is 10.6 Å². The number of rotatable bonds is 6. The van der Waals surface area contributed by atoms with Crippen LogP contribution in [0.4, 0.5) is 14.5 Å². The van der Waals surface area contributed by atoms with E-state index in [1.165, 1.54) is 19.2 Å². The smallest absolute Gasteiger partial charge is 0.387 e. The lowest BCUT2D eigenvalue weighted by Gasteiger charge is -2.30. The average molecular weight is 419 g/mol. The van der Waals surface area contributed by atoms with Gasteiger partial charge in [-0.05, 0) is 49.0 Å². The van der Waals surface area contributed by atoms with Crippen molar-refractivity contribution in [3.63, 3.8) is 0 Å². The Kier molecular flexibility index (Phi) is 6.28. The summed E-state index contributed by atoms with van der Waals surface area (Å²) in [6.45, 7) is -1.17. The Hall–Kier alpha value is -3.20. The second-order valence-corrected chi connectivity index (χ2v) is 6.58. The summed E-state index contributed by atoms with van der Waals surface area (Å²) in [4.78, 5) is 13.1. The Bertz CT molecular complexity index is 948. The molecule has 1 unspecified atom stereocenters. The molecular weight excluding hydrogens is 400 g/mol. The number of carbonyl (C=O) groups excluding carboxylic acids is 1. The number of hydrogen-bond acceptors (Lipinski definition) is 4. The van der Waals surface area contributed by atoms with Crippen molar-refractivity contribution in [2.45, 2.75) is 19.6 Å². The van der Waals surface area contributed by atoms with Crippen LogP contribution in [0.25, 0.3) is 0 Å². The number of halogens is 2. The number of allylic oxidation sites excluding steroid dienone is 1. The third kappa shape index (κ3) is 4.80. The number of hydrogen-bond donors (Lipinski definition) is 3. The fourth-order valence-electron chi connectivity index (χ4n) is 3.02. The Balaban J connectivity index is 1.90. The van der Waals surface area contributed by atoms with Crippen LogP contribution in [0.1, 0.15) is 18.5 Å². The van der Waals surface area contributed by atoms with Crippen molar-refractivity contribution in [2.75, 3.05) is 12.4 Å². The highest BCUT2D eigenvalue weighted by Crippen LogP contribution is 2.31. The molecule has 2 aromatic carbocycles. The number of thiocarbonyl (C=S) groups is 1. The quantitative estimate of drug-likeness (QED) is 0.620. The number of alkyl halides is 2. The molecular formula is C20H19F2N3O3S. The van der Waals surface area contributed by atoms with Crippen molar-refractivity contribution in [3.05, 3.63) is 65.4 Å². The fraction of sp³-hybridized carbons (Fsp3) is 0.200. The van der Waals surface area contributed by atoms with E-state index < -0.39 is 12.7 Å². The van der Waals surface area contributed by atoms with E-state index >= 15 is 0 Å². The molecule has 0 saturated carbocycles. The zero-order valence-electron chi connectivity index (χ0n) is 15.7. The summed E-state index contributed by atoms with van der Waals surface area (Å²) in [6.07, 6.45) is 0. The summed E-state index contributed by atoms with van der Waals surface area (Å²) < 4.78 is 34.4. The molecule has 1 heterocycles. The molecule has 0 spiro atoms. The van der Waals surface area contributed by atoms with E-state index in [0.29, 0.717) is 33.4 Å². The highest BCUT2D eigenvalue weighted by Gasteiger charge is 2.30. The van der Waals surface area contributed by atoms with Gasteiger partial charge in [0.25, 0.3) is 5.91 Å². The second kappa shape index (κ2) is 8.87. The van der Waals surface area contributed by atoms with Crippen LogP contribution in [0.3, 0.4) is 0 Å². The first-order valence-corrected chi connectivity index (χ1v) is 9.07. The number of anilines is 1. The van der Waals surface area contributed by atoms with E-state index in [-0.39, 0.29) is 11.7 Å². The second-order valence-electron chi connectivity index (χ2n) is 6.17. The molecule has 3 N–H and O–H groups in total. The molecule has 6 nitrogen and oxygen atoms in total. The first kappa shape index (κ1) is 20.5. The van der Waals surface area contributed by atoms with Crippen molar-refractivity contribution in [3.8, 4) is 11.5 Å². The maximum Gasteiger partial charge on any atom is 0.387 e. The zero-order chi connectivity index (χ0) is 21.0. The van der Waals surface area contributed by atoms with Gasteiger partial charge in [-0.3, -0.25) is 4.79 Å². The molecule has 0 radical (unpaired) electrons. The van der Waals surface area contributed by atoms with Gasteiger partial charge in [0.05, 0.1) is 24.4 Å². The van der Waals surface area contributed by atoms with E-state index in [1.54, 1.807) is 43.3 Å². The minimum Gasteiger partial charge on any atom is -0.495 e. The first-order valence-electron chi connectivity index (χ1n) is 8.66. The lowest BCUT2D eigenvalue weighted by atomic mass is 9.95. The molecule has 152 valence electrons. The average Bonchev–Trinajstić information content (AvgIpc) is 2.67. The molecule has 1 amide bonds. The number of carbonyl (C=O) groups is 1. The third-order valence-electron chi connectivity index (χ3n) is 4.31. The van der Waals surface area contributed by atoms with E-state index in [2.05, 4.69) is 20.7 Å². The molecule has 0 saturated heterocycles. The number of para-hydroxylation sites is 2. The molecule has 1 aliphatic heterocycles. The zero-order valence-corrected chi connectivity index (χ0v) is 16.5. The molecule has 1 aliphatic rings. The van der Waals surface area contributed by atoms with Gasteiger partial charge in [0, 0.05) is 5.70 Å². The predicted molar refractivity (Wildman–Crippen MR) is 109 cm³/mol. The molecule has 2 aromatic rings. The molecule has 0 fully saturated rings. The van der Waals surface area contributed by atoms with Gasteiger partial charge in [0.2, 0.25) is 0 Å². The standard InChI is InChI=1S/C20H19F2N3O3S/c1-11-16(18(26)24-14-5-3-4-6-15(14)27-2)17(25-20(29)23-11)12-7-9-13(10-8-12)28-19(21)22/h3-10,17,19H,1-2H3,(H,24,26)(H2,23,25,29). The minimum atomic E-state index is -2.91. The summed E-state index contributed by atoms with van der Waals surface area (Å²) in [6, 6.07) is 12.5. The van der Waals surface area contributed by atoms with Crippen LogP contribution in [0.15, 0.2) is 59.8 Å². The van der Waals surface area contributed by atoms with Crippen LogP contribution in [-0.2, 0) is 4.79 Å². The minimum absolute atomic E-state index is 0.0287. The van der Waals surface area contributed by atoms with Gasteiger partial charge in [-0.25, -0.2) is 0 Å². The summed E-state index contributed by atoms with van der Waals surface area (Å²) in [5.74, 6) is 0.199. The van der Waals surface area contributed by atoms with Crippen LogP contribution in [-0.4, -0.2) is 24.7 Å². The Morgan fingerprint density at radius 3 is 2.52 bits per heavy atom. The molecule has 9 heteroatoms. The van der Waals surface area contributed by atoms with E-state index in [4.69, 9.17) is 17.0 Å². The summed E-state index contributed by atoms with van der Waals surface area (Å²) in [5.41, 5.74) is 2.18. The van der Waals surface area contributed by atoms with Gasteiger partial charge >= 0.3 is 6.61 Å². The largest absolute Gasteiger partial charge is 0.495 e. The molecule has 3 rings (SSSR count). The predicted octanol–water partition coefficient (Wildman–Crippen LogP) is 3.73. The van der Waals surface area contributed by atoms with Gasteiger partial charge < -0.3 is 25.4 Å². The highest BCUT2D eigenvalue weighted by atomic mass is 32.1. The lowest BCUT2D eigenvalue weighted by molar-refractivity contribution is -0.113. The Labute approximate surface area is 171 Å². The highest BCUT2D eigenvalue weighted by molar-refractivity contribution is 7.80. The fourth-order valence-corrected chi connectivity index (χ4v) is 3.30. The van der Waals surface area contributed by atoms with Crippen molar-refractivity contribution in [1.29, 1.82) is 0 Å². The third-order valence-corrected chi connectivity index (χ3v) is 4.53. The number of ether oxygens (including phenoxy) is 2. The Morgan fingerprint density at radius 2 is 1.86 bits per heavy atom. The summed E-state index contributed by atoms with van der Waals surface area (Å²) >= 11 is 5.22.